The van der Waals surface area contributed by atoms with Crippen LogP contribution in [0.4, 0.5) is 11.4 Å². The SMILES string of the molecule is CCN(CC)C(=O)c1cncc(Nc2ccccc2C(=O)OC)c1. The summed E-state index contributed by atoms with van der Waals surface area (Å²) in [6.07, 6.45) is 3.14. The zero-order valence-corrected chi connectivity index (χ0v) is 14.1. The first kappa shape index (κ1) is 17.5. The molecule has 0 unspecified atom stereocenters. The Morgan fingerprint density at radius 1 is 1.17 bits per heavy atom. The first-order valence-electron chi connectivity index (χ1n) is 7.79. The number of aromatic nitrogens is 1. The van der Waals surface area contributed by atoms with E-state index in [0.29, 0.717) is 35.6 Å². The number of carbonyl (C=O) groups is 2. The minimum absolute atomic E-state index is 0.0718. The van der Waals surface area contributed by atoms with E-state index in [2.05, 4.69) is 10.3 Å². The summed E-state index contributed by atoms with van der Waals surface area (Å²) >= 11 is 0. The number of rotatable bonds is 6. The van der Waals surface area contributed by atoms with Crippen molar-refractivity contribution in [3.63, 3.8) is 0 Å². The molecule has 0 spiro atoms. The first-order chi connectivity index (χ1) is 11.6. The van der Waals surface area contributed by atoms with E-state index >= 15 is 0 Å². The fraction of sp³-hybridized carbons (Fsp3) is 0.278. The van der Waals surface area contributed by atoms with Crippen LogP contribution in [0.2, 0.25) is 0 Å². The van der Waals surface area contributed by atoms with Crippen LogP contribution >= 0.6 is 0 Å². The van der Waals surface area contributed by atoms with E-state index in [4.69, 9.17) is 4.74 Å². The Hall–Kier alpha value is -2.89. The molecule has 6 heteroatoms. The van der Waals surface area contributed by atoms with Crippen molar-refractivity contribution >= 4 is 23.3 Å². The van der Waals surface area contributed by atoms with E-state index < -0.39 is 5.97 Å². The topological polar surface area (TPSA) is 71.5 Å². The van der Waals surface area contributed by atoms with Crippen LogP contribution < -0.4 is 5.32 Å². The number of methoxy groups -OCH3 is 1. The molecule has 1 aromatic carbocycles. The van der Waals surface area contributed by atoms with Gasteiger partial charge in [0.25, 0.3) is 5.91 Å². The molecule has 1 N–H and O–H groups in total. The predicted molar refractivity (Wildman–Crippen MR) is 92.6 cm³/mol. The number of nitrogens with one attached hydrogen (secondary N) is 1. The third-order valence-electron chi connectivity index (χ3n) is 3.65. The lowest BCUT2D eigenvalue weighted by molar-refractivity contribution is 0.0601. The van der Waals surface area contributed by atoms with E-state index in [0.717, 1.165) is 0 Å². The Kier molecular flexibility index (Phi) is 5.89. The highest BCUT2D eigenvalue weighted by Gasteiger charge is 2.15. The molecule has 0 aliphatic heterocycles. The van der Waals surface area contributed by atoms with Gasteiger partial charge in [-0.2, -0.15) is 0 Å². The zero-order chi connectivity index (χ0) is 17.5. The highest BCUT2D eigenvalue weighted by molar-refractivity contribution is 5.97. The van der Waals surface area contributed by atoms with Crippen LogP contribution in [-0.2, 0) is 4.74 Å². The van der Waals surface area contributed by atoms with Crippen LogP contribution in [0.5, 0.6) is 0 Å². The standard InChI is InChI=1S/C18H21N3O3/c1-4-21(5-2)17(22)13-10-14(12-19-11-13)20-16-9-7-6-8-15(16)18(23)24-3/h6-12,20H,4-5H2,1-3H3. The molecule has 6 nitrogen and oxygen atoms in total. The summed E-state index contributed by atoms with van der Waals surface area (Å²) < 4.78 is 4.78. The normalized spacial score (nSPS) is 10.1. The third-order valence-corrected chi connectivity index (χ3v) is 3.65. The number of amides is 1. The molecule has 0 radical (unpaired) electrons. The highest BCUT2D eigenvalue weighted by Crippen LogP contribution is 2.22. The Bertz CT molecular complexity index is 727. The molecule has 1 aromatic heterocycles. The highest BCUT2D eigenvalue weighted by atomic mass is 16.5. The lowest BCUT2D eigenvalue weighted by Gasteiger charge is -2.19. The second-order valence-corrected chi connectivity index (χ2v) is 5.10. The quantitative estimate of drug-likeness (QED) is 0.826. The smallest absolute Gasteiger partial charge is 0.339 e. The van der Waals surface area contributed by atoms with Gasteiger partial charge in [-0.25, -0.2) is 4.79 Å². The maximum Gasteiger partial charge on any atom is 0.339 e. The monoisotopic (exact) mass is 327 g/mol. The largest absolute Gasteiger partial charge is 0.465 e. The number of esters is 1. The van der Waals surface area contributed by atoms with Crippen LogP contribution in [0.15, 0.2) is 42.7 Å². The van der Waals surface area contributed by atoms with Gasteiger partial charge in [-0.1, -0.05) is 12.1 Å². The summed E-state index contributed by atoms with van der Waals surface area (Å²) in [6, 6.07) is 8.74. The van der Waals surface area contributed by atoms with Gasteiger partial charge >= 0.3 is 5.97 Å². The van der Waals surface area contributed by atoms with Crippen molar-refractivity contribution < 1.29 is 14.3 Å². The fourth-order valence-corrected chi connectivity index (χ4v) is 2.35. The molecule has 1 amide bonds. The number of para-hydroxylation sites is 1. The molecule has 1 heterocycles. The lowest BCUT2D eigenvalue weighted by Crippen LogP contribution is -2.30. The van der Waals surface area contributed by atoms with E-state index in [-0.39, 0.29) is 5.91 Å². The van der Waals surface area contributed by atoms with Crippen molar-refractivity contribution in [1.29, 1.82) is 0 Å². The molecule has 2 rings (SSSR count). The number of pyridine rings is 1. The lowest BCUT2D eigenvalue weighted by atomic mass is 10.1. The van der Waals surface area contributed by atoms with Crippen LogP contribution in [0, 0.1) is 0 Å². The molecule has 0 bridgehead atoms. The minimum Gasteiger partial charge on any atom is -0.465 e. The third kappa shape index (κ3) is 3.90. The number of carbonyl (C=O) groups excluding carboxylic acids is 2. The van der Waals surface area contributed by atoms with Gasteiger partial charge in [-0.05, 0) is 32.0 Å². The summed E-state index contributed by atoms with van der Waals surface area (Å²) in [6.45, 7) is 5.14. The Labute approximate surface area is 141 Å². The molecule has 24 heavy (non-hydrogen) atoms. The first-order valence-corrected chi connectivity index (χ1v) is 7.79. The molecule has 0 saturated heterocycles. The van der Waals surface area contributed by atoms with E-state index in [1.807, 2.05) is 19.9 Å². The molecule has 0 saturated carbocycles. The number of nitrogens with zero attached hydrogens (tertiary/aromatic N) is 2. The minimum atomic E-state index is -0.429. The van der Waals surface area contributed by atoms with Crippen molar-refractivity contribution in [3.8, 4) is 0 Å². The maximum absolute atomic E-state index is 12.4. The predicted octanol–water partition coefficient (Wildman–Crippen LogP) is 3.09. The van der Waals surface area contributed by atoms with Gasteiger partial charge in [0.15, 0.2) is 0 Å². The van der Waals surface area contributed by atoms with E-state index in [1.54, 1.807) is 35.4 Å². The Morgan fingerprint density at radius 2 is 1.88 bits per heavy atom. The summed E-state index contributed by atoms with van der Waals surface area (Å²) in [5, 5.41) is 3.12. The number of hydrogen-bond donors (Lipinski definition) is 1. The number of benzene rings is 1. The van der Waals surface area contributed by atoms with Crippen LogP contribution in [0.25, 0.3) is 0 Å². The average molecular weight is 327 g/mol. The molecule has 0 aliphatic rings. The van der Waals surface area contributed by atoms with Gasteiger partial charge in [-0.3, -0.25) is 9.78 Å². The van der Waals surface area contributed by atoms with E-state index in [1.165, 1.54) is 13.3 Å². The van der Waals surface area contributed by atoms with Gasteiger partial charge in [0.2, 0.25) is 0 Å². The maximum atomic E-state index is 12.4. The number of hydrogen-bond acceptors (Lipinski definition) is 5. The van der Waals surface area contributed by atoms with Gasteiger partial charge < -0.3 is 15.0 Å². The molecular formula is C18H21N3O3. The van der Waals surface area contributed by atoms with Crippen molar-refractivity contribution in [3.05, 3.63) is 53.9 Å². The van der Waals surface area contributed by atoms with Gasteiger partial charge in [0.05, 0.1) is 35.8 Å². The van der Waals surface area contributed by atoms with Crippen LogP contribution in [-0.4, -0.2) is 42.0 Å². The molecule has 126 valence electrons. The number of anilines is 2. The second-order valence-electron chi connectivity index (χ2n) is 5.10. The molecule has 0 aliphatic carbocycles. The van der Waals surface area contributed by atoms with Gasteiger partial charge in [0.1, 0.15) is 0 Å². The zero-order valence-electron chi connectivity index (χ0n) is 14.1. The van der Waals surface area contributed by atoms with Gasteiger partial charge in [-0.15, -0.1) is 0 Å². The van der Waals surface area contributed by atoms with Crippen molar-refractivity contribution in [2.24, 2.45) is 0 Å². The van der Waals surface area contributed by atoms with Crippen LogP contribution in [0.1, 0.15) is 34.6 Å². The summed E-state index contributed by atoms with van der Waals surface area (Å²) in [7, 11) is 1.34. The average Bonchev–Trinajstić information content (AvgIpc) is 2.62. The van der Waals surface area contributed by atoms with E-state index in [9.17, 15) is 9.59 Å². The van der Waals surface area contributed by atoms with Crippen LogP contribution in [0.3, 0.4) is 0 Å². The summed E-state index contributed by atoms with van der Waals surface area (Å²) in [5.74, 6) is -0.501. The molecule has 2 aromatic rings. The molecule has 0 fully saturated rings. The molecular weight excluding hydrogens is 306 g/mol. The van der Waals surface area contributed by atoms with Gasteiger partial charge in [0, 0.05) is 19.3 Å². The Morgan fingerprint density at radius 3 is 2.54 bits per heavy atom. The summed E-state index contributed by atoms with van der Waals surface area (Å²) in [4.78, 5) is 30.1. The van der Waals surface area contributed by atoms with Crippen molar-refractivity contribution in [2.75, 3.05) is 25.5 Å². The second kappa shape index (κ2) is 8.10. The molecule has 0 atom stereocenters. The van der Waals surface area contributed by atoms with Crippen molar-refractivity contribution in [1.82, 2.24) is 9.88 Å². The summed E-state index contributed by atoms with van der Waals surface area (Å²) in [5.41, 5.74) is 2.14. The van der Waals surface area contributed by atoms with Crippen molar-refractivity contribution in [2.45, 2.75) is 13.8 Å². The fourth-order valence-electron chi connectivity index (χ4n) is 2.35. The Balaban J connectivity index is 2.28. The number of ether oxygens (including phenoxy) is 1.